The summed E-state index contributed by atoms with van der Waals surface area (Å²) in [6.07, 6.45) is 4.95. The number of hydrogen-bond donors (Lipinski definition) is 3. The second-order valence-electron chi connectivity index (χ2n) is 8.47. The fraction of sp³-hybridized carbons (Fsp3) is 0.391. The number of anilines is 1. The maximum atomic E-state index is 14.9. The Bertz CT molecular complexity index is 1180. The fourth-order valence-electron chi connectivity index (χ4n) is 3.72. The first-order valence-corrected chi connectivity index (χ1v) is 10.4. The number of carbonyl (C=O) groups is 1. The van der Waals surface area contributed by atoms with Gasteiger partial charge < -0.3 is 15.4 Å². The van der Waals surface area contributed by atoms with E-state index in [-0.39, 0.29) is 23.5 Å². The van der Waals surface area contributed by atoms with Gasteiger partial charge in [-0.15, -0.1) is 0 Å². The van der Waals surface area contributed by atoms with Crippen molar-refractivity contribution in [2.45, 2.75) is 52.5 Å². The zero-order valence-corrected chi connectivity index (χ0v) is 18.2. The molecule has 0 aliphatic heterocycles. The molecular formula is C23H25F2N5O2. The normalized spacial score (nSPS) is 12.5. The first-order valence-electron chi connectivity index (χ1n) is 10.4. The minimum absolute atomic E-state index is 0.0294. The van der Waals surface area contributed by atoms with E-state index in [0.29, 0.717) is 16.6 Å². The van der Waals surface area contributed by atoms with Crippen molar-refractivity contribution in [2.75, 3.05) is 5.32 Å². The lowest BCUT2D eigenvalue weighted by Gasteiger charge is -2.35. The molecule has 7 nitrogen and oxygen atoms in total. The van der Waals surface area contributed by atoms with Crippen LogP contribution in [-0.4, -0.2) is 32.1 Å². The number of nitriles is 1. The summed E-state index contributed by atoms with van der Waals surface area (Å²) in [6, 6.07) is 3.63. The standard InChI is InChI=1S/C23H25F2N5O2/c1-4-5-6-23(2,3)18(9-19(31)32)29-22-17(25)7-13(10-26)20(30-22)16-12-28-21-15(16)8-14(24)11-27-21/h7-8,11-12,18H,4-6,9H2,1-3H3,(H,27,28)(H,29,30)(H,31,32)/t18-/m1/s1. The molecule has 0 spiro atoms. The monoisotopic (exact) mass is 441 g/mol. The summed E-state index contributed by atoms with van der Waals surface area (Å²) in [7, 11) is 0. The molecule has 9 heteroatoms. The zero-order valence-electron chi connectivity index (χ0n) is 18.2. The number of nitrogens with zero attached hydrogens (tertiary/aromatic N) is 3. The number of rotatable bonds is 9. The van der Waals surface area contributed by atoms with Crippen molar-refractivity contribution in [2.24, 2.45) is 5.41 Å². The second-order valence-corrected chi connectivity index (χ2v) is 8.47. The van der Waals surface area contributed by atoms with Gasteiger partial charge in [0.05, 0.1) is 23.9 Å². The predicted octanol–water partition coefficient (Wildman–Crippen LogP) is 5.25. The summed E-state index contributed by atoms with van der Waals surface area (Å²) in [5, 5.41) is 22.3. The molecule has 168 valence electrons. The number of carboxylic acid groups (broad SMARTS) is 1. The van der Waals surface area contributed by atoms with Crippen LogP contribution in [0.3, 0.4) is 0 Å². The third-order valence-corrected chi connectivity index (χ3v) is 5.66. The van der Waals surface area contributed by atoms with Gasteiger partial charge in [-0.1, -0.05) is 33.6 Å². The molecule has 32 heavy (non-hydrogen) atoms. The molecule has 0 aromatic carbocycles. The molecule has 3 heterocycles. The number of H-pyrrole nitrogens is 1. The summed E-state index contributed by atoms with van der Waals surface area (Å²) in [5.74, 6) is -2.50. The molecule has 3 aromatic rings. The number of pyridine rings is 2. The Morgan fingerprint density at radius 1 is 1.38 bits per heavy atom. The Balaban J connectivity index is 2.08. The highest BCUT2D eigenvalue weighted by Gasteiger charge is 2.32. The average molecular weight is 441 g/mol. The molecule has 0 aliphatic carbocycles. The lowest BCUT2D eigenvalue weighted by Crippen LogP contribution is -2.38. The Morgan fingerprint density at radius 2 is 2.12 bits per heavy atom. The van der Waals surface area contributed by atoms with Gasteiger partial charge in [0.1, 0.15) is 17.5 Å². The molecular weight excluding hydrogens is 416 g/mol. The average Bonchev–Trinajstić information content (AvgIpc) is 3.15. The Hall–Kier alpha value is -3.54. The molecule has 1 atom stereocenters. The molecule has 3 N–H and O–H groups in total. The van der Waals surface area contributed by atoms with Gasteiger partial charge in [-0.05, 0) is 24.0 Å². The van der Waals surface area contributed by atoms with E-state index in [1.54, 1.807) is 0 Å². The van der Waals surface area contributed by atoms with E-state index >= 15 is 0 Å². The van der Waals surface area contributed by atoms with Gasteiger partial charge in [0.25, 0.3) is 0 Å². The topological polar surface area (TPSA) is 115 Å². The number of unbranched alkanes of at least 4 members (excludes halogenated alkanes) is 1. The molecule has 0 bridgehead atoms. The number of carboxylic acids is 1. The third-order valence-electron chi connectivity index (χ3n) is 5.66. The fourth-order valence-corrected chi connectivity index (χ4v) is 3.72. The van der Waals surface area contributed by atoms with Crippen LogP contribution in [-0.2, 0) is 4.79 Å². The van der Waals surface area contributed by atoms with Gasteiger partial charge >= 0.3 is 5.97 Å². The number of aliphatic carboxylic acids is 1. The SMILES string of the molecule is CCCCC(C)(C)[C@@H](CC(=O)O)Nc1nc(-c2c[nH]c3ncc(F)cc23)c(C#N)cc1F. The van der Waals surface area contributed by atoms with Crippen LogP contribution in [0.15, 0.2) is 24.5 Å². The van der Waals surface area contributed by atoms with E-state index in [1.165, 1.54) is 12.3 Å². The number of nitrogens with one attached hydrogen (secondary N) is 2. The van der Waals surface area contributed by atoms with E-state index in [0.717, 1.165) is 31.5 Å². The Morgan fingerprint density at radius 3 is 2.78 bits per heavy atom. The van der Waals surface area contributed by atoms with E-state index < -0.39 is 29.1 Å². The van der Waals surface area contributed by atoms with Crippen molar-refractivity contribution in [1.29, 1.82) is 5.26 Å². The van der Waals surface area contributed by atoms with Crippen molar-refractivity contribution < 1.29 is 18.7 Å². The van der Waals surface area contributed by atoms with E-state index in [2.05, 4.69) is 20.3 Å². The van der Waals surface area contributed by atoms with Crippen LogP contribution in [0.25, 0.3) is 22.3 Å². The van der Waals surface area contributed by atoms with E-state index in [4.69, 9.17) is 0 Å². The van der Waals surface area contributed by atoms with Gasteiger partial charge in [-0.25, -0.2) is 18.7 Å². The highest BCUT2D eigenvalue weighted by Crippen LogP contribution is 2.35. The number of aromatic amines is 1. The van der Waals surface area contributed by atoms with Crippen molar-refractivity contribution in [3.8, 4) is 17.3 Å². The predicted molar refractivity (Wildman–Crippen MR) is 117 cm³/mol. The molecule has 0 fully saturated rings. The van der Waals surface area contributed by atoms with Crippen LogP contribution >= 0.6 is 0 Å². The molecule has 0 amide bonds. The number of fused-ring (bicyclic) bond motifs is 1. The van der Waals surface area contributed by atoms with Gasteiger partial charge in [-0.2, -0.15) is 5.26 Å². The van der Waals surface area contributed by atoms with Crippen molar-refractivity contribution >= 4 is 22.8 Å². The molecule has 0 saturated heterocycles. The summed E-state index contributed by atoms with van der Waals surface area (Å²) >= 11 is 0. The number of aromatic nitrogens is 3. The summed E-state index contributed by atoms with van der Waals surface area (Å²) in [6.45, 7) is 5.91. The van der Waals surface area contributed by atoms with Crippen LogP contribution in [0.1, 0.15) is 52.0 Å². The van der Waals surface area contributed by atoms with Crippen LogP contribution in [0.2, 0.25) is 0 Å². The lowest BCUT2D eigenvalue weighted by atomic mass is 9.78. The summed E-state index contributed by atoms with van der Waals surface area (Å²) in [5.41, 5.74) is 0.459. The molecule has 3 rings (SSSR count). The van der Waals surface area contributed by atoms with Gasteiger partial charge in [0, 0.05) is 23.2 Å². The Kier molecular flexibility index (Phi) is 6.72. The maximum absolute atomic E-state index is 14.9. The summed E-state index contributed by atoms with van der Waals surface area (Å²) in [4.78, 5) is 22.7. The first-order chi connectivity index (χ1) is 15.2. The van der Waals surface area contributed by atoms with Crippen LogP contribution in [0.5, 0.6) is 0 Å². The van der Waals surface area contributed by atoms with Crippen molar-refractivity contribution in [1.82, 2.24) is 15.0 Å². The molecule has 3 aromatic heterocycles. The number of hydrogen-bond acceptors (Lipinski definition) is 5. The quantitative estimate of drug-likeness (QED) is 0.418. The third kappa shape index (κ3) is 4.85. The minimum Gasteiger partial charge on any atom is -0.481 e. The largest absolute Gasteiger partial charge is 0.481 e. The van der Waals surface area contributed by atoms with Gasteiger partial charge in [-0.3, -0.25) is 4.79 Å². The van der Waals surface area contributed by atoms with Crippen LogP contribution in [0, 0.1) is 28.4 Å². The van der Waals surface area contributed by atoms with Gasteiger partial charge in [0.15, 0.2) is 11.6 Å². The zero-order chi connectivity index (χ0) is 23.5. The number of halogens is 2. The minimum atomic E-state index is -1.01. The Labute approximate surface area is 184 Å². The second kappa shape index (κ2) is 9.30. The smallest absolute Gasteiger partial charge is 0.305 e. The lowest BCUT2D eigenvalue weighted by molar-refractivity contribution is -0.137. The molecule has 0 aliphatic rings. The molecule has 0 saturated carbocycles. The van der Waals surface area contributed by atoms with E-state index in [9.17, 15) is 23.9 Å². The van der Waals surface area contributed by atoms with Gasteiger partial charge in [0.2, 0.25) is 0 Å². The molecule has 0 unspecified atom stereocenters. The highest BCUT2D eigenvalue weighted by atomic mass is 19.1. The summed E-state index contributed by atoms with van der Waals surface area (Å²) < 4.78 is 28.6. The van der Waals surface area contributed by atoms with Crippen LogP contribution < -0.4 is 5.32 Å². The maximum Gasteiger partial charge on any atom is 0.305 e. The van der Waals surface area contributed by atoms with Crippen LogP contribution in [0.4, 0.5) is 14.6 Å². The van der Waals surface area contributed by atoms with Crippen molar-refractivity contribution in [3.63, 3.8) is 0 Å². The van der Waals surface area contributed by atoms with E-state index in [1.807, 2.05) is 26.8 Å². The highest BCUT2D eigenvalue weighted by molar-refractivity contribution is 5.94. The molecule has 0 radical (unpaired) electrons. The van der Waals surface area contributed by atoms with Crippen molar-refractivity contribution in [3.05, 3.63) is 41.7 Å². The first kappa shape index (κ1) is 23.1.